The molecule has 1 rings (SSSR count). The molecule has 0 spiro atoms. The molecule has 0 radical (unpaired) electrons. The highest BCUT2D eigenvalue weighted by molar-refractivity contribution is 5.79. The van der Waals surface area contributed by atoms with Gasteiger partial charge < -0.3 is 15.2 Å². The van der Waals surface area contributed by atoms with E-state index in [1.807, 2.05) is 18.2 Å². The van der Waals surface area contributed by atoms with Crippen molar-refractivity contribution in [3.05, 3.63) is 29.8 Å². The van der Waals surface area contributed by atoms with Crippen LogP contribution in [-0.2, 0) is 16.0 Å². The van der Waals surface area contributed by atoms with E-state index in [0.717, 1.165) is 12.2 Å². The minimum atomic E-state index is -0.940. The van der Waals surface area contributed by atoms with Crippen LogP contribution < -0.4 is 10.5 Å². The van der Waals surface area contributed by atoms with Crippen molar-refractivity contribution in [3.63, 3.8) is 0 Å². The first-order valence-electron chi connectivity index (χ1n) is 7.17. The van der Waals surface area contributed by atoms with E-state index in [9.17, 15) is 4.79 Å². The second kappa shape index (κ2) is 7.90. The second-order valence-corrected chi connectivity index (χ2v) is 5.09. The van der Waals surface area contributed by atoms with Crippen LogP contribution in [0.4, 0.5) is 0 Å². The molecule has 0 aliphatic heterocycles. The highest BCUT2D eigenvalue weighted by Gasteiger charge is 2.29. The maximum absolute atomic E-state index is 11.6. The zero-order valence-corrected chi connectivity index (χ0v) is 12.6. The molecule has 4 nitrogen and oxygen atoms in total. The van der Waals surface area contributed by atoms with Gasteiger partial charge in [0.1, 0.15) is 11.3 Å². The summed E-state index contributed by atoms with van der Waals surface area (Å²) in [5.41, 5.74) is 6.25. The van der Waals surface area contributed by atoms with Gasteiger partial charge in [0.25, 0.3) is 0 Å². The Labute approximate surface area is 121 Å². The maximum atomic E-state index is 11.6. The predicted octanol–water partition coefficient (Wildman–Crippen LogP) is 2.69. The zero-order chi connectivity index (χ0) is 15.0. The van der Waals surface area contributed by atoms with Gasteiger partial charge in [-0.15, -0.1) is 0 Å². The van der Waals surface area contributed by atoms with Gasteiger partial charge in [0, 0.05) is 0 Å². The molecule has 0 fully saturated rings. The van der Waals surface area contributed by atoms with Crippen molar-refractivity contribution in [2.75, 3.05) is 13.2 Å². The molecule has 0 saturated carbocycles. The number of benzene rings is 1. The fourth-order valence-corrected chi connectivity index (χ4v) is 1.88. The fraction of sp³-hybridized carbons (Fsp3) is 0.562. The van der Waals surface area contributed by atoms with Crippen LogP contribution in [0.3, 0.4) is 0 Å². The van der Waals surface area contributed by atoms with Crippen LogP contribution in [0.5, 0.6) is 5.75 Å². The number of esters is 1. The van der Waals surface area contributed by atoms with E-state index in [2.05, 4.69) is 13.0 Å². The average molecular weight is 279 g/mol. The normalized spacial score (nSPS) is 13.6. The molecule has 1 aromatic rings. The second-order valence-electron chi connectivity index (χ2n) is 5.09. The van der Waals surface area contributed by atoms with Crippen molar-refractivity contribution in [2.24, 2.45) is 5.73 Å². The number of nitrogens with two attached hydrogens (primary N) is 1. The van der Waals surface area contributed by atoms with E-state index < -0.39 is 5.54 Å². The molecule has 0 aliphatic rings. The molecule has 0 aromatic heterocycles. The standard InChI is InChI=1S/C16H25NO3/c1-4-13-8-6-9-14(12-13)20-11-7-10-16(3,17)15(18)19-5-2/h6,8-9,12H,4-5,7,10-11,17H2,1-3H3. The van der Waals surface area contributed by atoms with Crippen molar-refractivity contribution in [3.8, 4) is 5.75 Å². The van der Waals surface area contributed by atoms with Gasteiger partial charge in [-0.05, 0) is 50.8 Å². The number of hydrogen-bond donors (Lipinski definition) is 1. The molecule has 0 saturated heterocycles. The Morgan fingerprint density at radius 2 is 2.10 bits per heavy atom. The van der Waals surface area contributed by atoms with Gasteiger partial charge in [-0.3, -0.25) is 4.79 Å². The summed E-state index contributed by atoms with van der Waals surface area (Å²) in [6.45, 7) is 6.48. The lowest BCUT2D eigenvalue weighted by Crippen LogP contribution is -2.46. The average Bonchev–Trinajstić information content (AvgIpc) is 2.44. The Bertz CT molecular complexity index is 429. The lowest BCUT2D eigenvalue weighted by Gasteiger charge is -2.22. The first kappa shape index (κ1) is 16.5. The molecule has 4 heteroatoms. The monoisotopic (exact) mass is 279 g/mol. The van der Waals surface area contributed by atoms with Gasteiger partial charge >= 0.3 is 5.97 Å². The molecule has 1 aromatic carbocycles. The lowest BCUT2D eigenvalue weighted by atomic mass is 9.98. The van der Waals surface area contributed by atoms with Gasteiger partial charge in [0.05, 0.1) is 13.2 Å². The van der Waals surface area contributed by atoms with Gasteiger partial charge in [-0.2, -0.15) is 0 Å². The van der Waals surface area contributed by atoms with Crippen LogP contribution in [0.1, 0.15) is 39.2 Å². The summed E-state index contributed by atoms with van der Waals surface area (Å²) < 4.78 is 10.6. The summed E-state index contributed by atoms with van der Waals surface area (Å²) in [4.78, 5) is 11.6. The highest BCUT2D eigenvalue weighted by atomic mass is 16.5. The minimum Gasteiger partial charge on any atom is -0.494 e. The van der Waals surface area contributed by atoms with Gasteiger partial charge in [-0.1, -0.05) is 19.1 Å². The Balaban J connectivity index is 2.35. The van der Waals surface area contributed by atoms with Crippen molar-refractivity contribution in [1.29, 1.82) is 0 Å². The molecule has 1 unspecified atom stereocenters. The molecule has 0 heterocycles. The number of carbonyl (C=O) groups is 1. The van der Waals surface area contributed by atoms with Crippen molar-refractivity contribution < 1.29 is 14.3 Å². The SMILES string of the molecule is CCOC(=O)C(C)(N)CCCOc1cccc(CC)c1. The molecule has 0 bridgehead atoms. The van der Waals surface area contributed by atoms with Gasteiger partial charge in [0.15, 0.2) is 0 Å². The molecule has 0 amide bonds. The van der Waals surface area contributed by atoms with Crippen molar-refractivity contribution >= 4 is 5.97 Å². The van der Waals surface area contributed by atoms with Crippen LogP contribution in [0.2, 0.25) is 0 Å². The molecule has 112 valence electrons. The smallest absolute Gasteiger partial charge is 0.325 e. The zero-order valence-electron chi connectivity index (χ0n) is 12.6. The summed E-state index contributed by atoms with van der Waals surface area (Å²) in [7, 11) is 0. The maximum Gasteiger partial charge on any atom is 0.325 e. The van der Waals surface area contributed by atoms with Crippen LogP contribution in [0.25, 0.3) is 0 Å². The van der Waals surface area contributed by atoms with Crippen LogP contribution >= 0.6 is 0 Å². The van der Waals surface area contributed by atoms with E-state index in [0.29, 0.717) is 26.1 Å². The number of ether oxygens (including phenoxy) is 2. The van der Waals surface area contributed by atoms with E-state index in [4.69, 9.17) is 15.2 Å². The van der Waals surface area contributed by atoms with Gasteiger partial charge in [0.2, 0.25) is 0 Å². The first-order chi connectivity index (χ1) is 9.49. The number of aryl methyl sites for hydroxylation is 1. The fourth-order valence-electron chi connectivity index (χ4n) is 1.88. The lowest BCUT2D eigenvalue weighted by molar-refractivity contribution is -0.149. The van der Waals surface area contributed by atoms with Crippen LogP contribution in [0, 0.1) is 0 Å². The summed E-state index contributed by atoms with van der Waals surface area (Å²) in [6, 6.07) is 8.03. The number of carbonyl (C=O) groups excluding carboxylic acids is 1. The topological polar surface area (TPSA) is 61.5 Å². The van der Waals surface area contributed by atoms with E-state index in [1.165, 1.54) is 5.56 Å². The third-order valence-corrected chi connectivity index (χ3v) is 3.16. The summed E-state index contributed by atoms with van der Waals surface area (Å²) in [6.07, 6.45) is 2.24. The van der Waals surface area contributed by atoms with Crippen molar-refractivity contribution in [2.45, 2.75) is 45.6 Å². The Kier molecular flexibility index (Phi) is 6.52. The quantitative estimate of drug-likeness (QED) is 0.587. The Morgan fingerprint density at radius 3 is 2.75 bits per heavy atom. The summed E-state index contributed by atoms with van der Waals surface area (Å²) >= 11 is 0. The first-order valence-corrected chi connectivity index (χ1v) is 7.17. The molecule has 2 N–H and O–H groups in total. The van der Waals surface area contributed by atoms with Crippen LogP contribution in [0.15, 0.2) is 24.3 Å². The van der Waals surface area contributed by atoms with E-state index in [1.54, 1.807) is 13.8 Å². The van der Waals surface area contributed by atoms with E-state index in [-0.39, 0.29) is 5.97 Å². The predicted molar refractivity (Wildman–Crippen MR) is 79.8 cm³/mol. The molecule has 1 atom stereocenters. The number of rotatable bonds is 8. The third kappa shape index (κ3) is 5.21. The molecule has 0 aliphatic carbocycles. The molecular formula is C16H25NO3. The summed E-state index contributed by atoms with van der Waals surface area (Å²) in [5.74, 6) is 0.507. The minimum absolute atomic E-state index is 0.353. The highest BCUT2D eigenvalue weighted by Crippen LogP contribution is 2.16. The number of hydrogen-bond acceptors (Lipinski definition) is 4. The summed E-state index contributed by atoms with van der Waals surface area (Å²) in [5, 5.41) is 0. The Hall–Kier alpha value is -1.55. The van der Waals surface area contributed by atoms with Gasteiger partial charge in [-0.25, -0.2) is 0 Å². The largest absolute Gasteiger partial charge is 0.494 e. The van der Waals surface area contributed by atoms with E-state index >= 15 is 0 Å². The molecular weight excluding hydrogens is 254 g/mol. The van der Waals surface area contributed by atoms with Crippen LogP contribution in [-0.4, -0.2) is 24.7 Å². The molecule has 20 heavy (non-hydrogen) atoms. The Morgan fingerprint density at radius 1 is 1.35 bits per heavy atom. The van der Waals surface area contributed by atoms with Crippen molar-refractivity contribution in [1.82, 2.24) is 0 Å². The third-order valence-electron chi connectivity index (χ3n) is 3.16.